The lowest BCUT2D eigenvalue weighted by Crippen LogP contribution is -2.42. The average molecular weight is 552 g/mol. The van der Waals surface area contributed by atoms with Gasteiger partial charge in [-0.2, -0.15) is 0 Å². The minimum absolute atomic E-state index is 0.0782. The maximum absolute atomic E-state index is 12.6. The van der Waals surface area contributed by atoms with Gasteiger partial charge in [0.15, 0.2) is 0 Å². The van der Waals surface area contributed by atoms with Gasteiger partial charge in [-0.15, -0.1) is 0 Å². The summed E-state index contributed by atoms with van der Waals surface area (Å²) in [7, 11) is 1.33. The van der Waals surface area contributed by atoms with Crippen molar-refractivity contribution in [2.24, 2.45) is 0 Å². The van der Waals surface area contributed by atoms with Crippen molar-refractivity contribution >= 4 is 18.0 Å². The molecule has 41 heavy (non-hydrogen) atoms. The van der Waals surface area contributed by atoms with Gasteiger partial charge in [0.1, 0.15) is 25.0 Å². The number of carboxylic acids is 1. The third-order valence-electron chi connectivity index (χ3n) is 7.08. The zero-order valence-electron chi connectivity index (χ0n) is 22.4. The Kier molecular flexibility index (Phi) is 8.29. The molecule has 8 heteroatoms. The molecule has 0 heterocycles. The lowest BCUT2D eigenvalue weighted by atomic mass is 9.98. The van der Waals surface area contributed by atoms with Crippen molar-refractivity contribution in [3.63, 3.8) is 0 Å². The van der Waals surface area contributed by atoms with E-state index in [0.29, 0.717) is 23.5 Å². The predicted molar refractivity (Wildman–Crippen MR) is 152 cm³/mol. The largest absolute Gasteiger partial charge is 0.489 e. The number of alkyl carbamates (subject to hydrolysis) is 1. The summed E-state index contributed by atoms with van der Waals surface area (Å²) in [5.74, 6) is -1.08. The normalized spacial score (nSPS) is 12.5. The van der Waals surface area contributed by atoms with Crippen molar-refractivity contribution in [1.82, 2.24) is 5.32 Å². The first-order valence-electron chi connectivity index (χ1n) is 13.2. The van der Waals surface area contributed by atoms with Gasteiger partial charge in [-0.3, -0.25) is 0 Å². The molecule has 0 radical (unpaired) electrons. The molecule has 1 amide bonds. The minimum atomic E-state index is -1.16. The Bertz CT molecular complexity index is 1500. The van der Waals surface area contributed by atoms with Gasteiger partial charge < -0.3 is 24.6 Å². The van der Waals surface area contributed by atoms with E-state index in [2.05, 4.69) is 17.4 Å². The molecule has 8 nitrogen and oxygen atoms in total. The Morgan fingerprint density at radius 2 is 1.39 bits per heavy atom. The van der Waals surface area contributed by atoms with Gasteiger partial charge in [0.2, 0.25) is 0 Å². The number of benzene rings is 4. The van der Waals surface area contributed by atoms with Crippen LogP contribution in [-0.2, 0) is 27.3 Å². The molecule has 1 aliphatic carbocycles. The van der Waals surface area contributed by atoms with Crippen LogP contribution in [0.15, 0.2) is 97.1 Å². The van der Waals surface area contributed by atoms with Crippen LogP contribution in [-0.4, -0.2) is 42.9 Å². The highest BCUT2D eigenvalue weighted by atomic mass is 16.5. The number of hydrogen-bond acceptors (Lipinski definition) is 6. The molecule has 5 rings (SSSR count). The Labute approximate surface area is 237 Å². The van der Waals surface area contributed by atoms with E-state index >= 15 is 0 Å². The number of carboxylic acid groups (broad SMARTS) is 1. The van der Waals surface area contributed by atoms with Crippen molar-refractivity contribution in [2.45, 2.75) is 25.0 Å². The first kappa shape index (κ1) is 27.5. The zero-order valence-corrected chi connectivity index (χ0v) is 22.4. The third kappa shape index (κ3) is 6.38. The highest BCUT2D eigenvalue weighted by Gasteiger charge is 2.29. The fourth-order valence-electron chi connectivity index (χ4n) is 4.96. The highest BCUT2D eigenvalue weighted by Crippen LogP contribution is 2.44. The van der Waals surface area contributed by atoms with Crippen LogP contribution in [0.3, 0.4) is 0 Å². The SMILES string of the molecule is COC(=O)c1ccc(COc2ccc(C[C@H](NC(=O)OCC3c4ccccc4-c4ccccc43)C(=O)O)cc2)cc1. The summed E-state index contributed by atoms with van der Waals surface area (Å²) < 4.78 is 16.0. The molecule has 1 aliphatic rings. The summed E-state index contributed by atoms with van der Waals surface area (Å²) in [5, 5.41) is 12.2. The third-order valence-corrected chi connectivity index (χ3v) is 7.08. The predicted octanol–water partition coefficient (Wildman–Crippen LogP) is 5.59. The number of amides is 1. The van der Waals surface area contributed by atoms with Crippen molar-refractivity contribution in [3.8, 4) is 16.9 Å². The number of fused-ring (bicyclic) bond motifs is 3. The molecule has 2 N–H and O–H groups in total. The van der Waals surface area contributed by atoms with Crippen LogP contribution >= 0.6 is 0 Å². The van der Waals surface area contributed by atoms with Crippen LogP contribution in [0, 0.1) is 0 Å². The number of methoxy groups -OCH3 is 1. The van der Waals surface area contributed by atoms with E-state index in [9.17, 15) is 19.5 Å². The van der Waals surface area contributed by atoms with E-state index in [0.717, 1.165) is 27.8 Å². The highest BCUT2D eigenvalue weighted by molar-refractivity contribution is 5.89. The Morgan fingerprint density at radius 3 is 1.98 bits per heavy atom. The van der Waals surface area contributed by atoms with E-state index < -0.39 is 24.1 Å². The second-order valence-corrected chi connectivity index (χ2v) is 9.69. The Hall–Kier alpha value is -5.11. The van der Waals surface area contributed by atoms with Gasteiger partial charge in [0, 0.05) is 12.3 Å². The van der Waals surface area contributed by atoms with Crippen molar-refractivity contribution < 1.29 is 33.7 Å². The van der Waals surface area contributed by atoms with E-state index in [1.807, 2.05) is 36.4 Å². The van der Waals surface area contributed by atoms with Crippen molar-refractivity contribution in [2.75, 3.05) is 13.7 Å². The number of rotatable bonds is 10. The van der Waals surface area contributed by atoms with E-state index in [-0.39, 0.29) is 18.9 Å². The second kappa shape index (κ2) is 12.4. The molecule has 0 aromatic heterocycles. The number of ether oxygens (including phenoxy) is 3. The van der Waals surface area contributed by atoms with Crippen LogP contribution < -0.4 is 10.1 Å². The summed E-state index contributed by atoms with van der Waals surface area (Å²) in [6.45, 7) is 0.394. The summed E-state index contributed by atoms with van der Waals surface area (Å²) in [5.41, 5.74) is 6.44. The van der Waals surface area contributed by atoms with Gasteiger partial charge >= 0.3 is 18.0 Å². The summed E-state index contributed by atoms with van der Waals surface area (Å²) >= 11 is 0. The smallest absolute Gasteiger partial charge is 0.407 e. The molecule has 0 unspecified atom stereocenters. The summed E-state index contributed by atoms with van der Waals surface area (Å²) in [4.78, 5) is 36.1. The standard InChI is InChI=1S/C33H29NO7/c1-39-32(37)23-14-10-22(11-15-23)19-40-24-16-12-21(13-17-24)18-30(31(35)36)34-33(38)41-20-29-27-8-4-2-6-25(27)26-7-3-5-9-28(26)29/h2-17,29-30H,18-20H2,1H3,(H,34,38)(H,35,36)/t30-/m0/s1. The number of nitrogens with one attached hydrogen (secondary N) is 1. The number of carbonyl (C=O) groups is 3. The van der Waals surface area contributed by atoms with Crippen LogP contribution in [0.25, 0.3) is 11.1 Å². The van der Waals surface area contributed by atoms with E-state index in [1.165, 1.54) is 7.11 Å². The molecular weight excluding hydrogens is 522 g/mol. The number of hydrogen-bond donors (Lipinski definition) is 2. The van der Waals surface area contributed by atoms with Crippen LogP contribution in [0.2, 0.25) is 0 Å². The maximum atomic E-state index is 12.6. The Balaban J connectivity index is 1.14. The zero-order chi connectivity index (χ0) is 28.8. The van der Waals surface area contributed by atoms with Gasteiger partial charge in [-0.05, 0) is 57.6 Å². The molecule has 4 aromatic rings. The van der Waals surface area contributed by atoms with Gasteiger partial charge in [0.25, 0.3) is 0 Å². The minimum Gasteiger partial charge on any atom is -0.489 e. The molecule has 0 bridgehead atoms. The van der Waals surface area contributed by atoms with Crippen LogP contribution in [0.4, 0.5) is 4.79 Å². The molecule has 1 atom stereocenters. The molecule has 208 valence electrons. The molecule has 0 saturated carbocycles. The number of esters is 1. The topological polar surface area (TPSA) is 111 Å². The number of carbonyl (C=O) groups excluding carboxylic acids is 2. The fourth-order valence-corrected chi connectivity index (χ4v) is 4.96. The molecule has 0 spiro atoms. The first-order valence-corrected chi connectivity index (χ1v) is 13.2. The second-order valence-electron chi connectivity index (χ2n) is 9.69. The van der Waals surface area contributed by atoms with Crippen LogP contribution in [0.5, 0.6) is 5.75 Å². The first-order chi connectivity index (χ1) is 19.9. The lowest BCUT2D eigenvalue weighted by molar-refractivity contribution is -0.139. The fraction of sp³-hybridized carbons (Fsp3) is 0.182. The Morgan fingerprint density at radius 1 is 0.805 bits per heavy atom. The average Bonchev–Trinajstić information content (AvgIpc) is 3.32. The molecule has 4 aromatic carbocycles. The number of aliphatic carboxylic acids is 1. The summed E-state index contributed by atoms with van der Waals surface area (Å²) in [6, 6.07) is 28.8. The van der Waals surface area contributed by atoms with Crippen LogP contribution in [0.1, 0.15) is 38.5 Å². The molecular formula is C33H29NO7. The van der Waals surface area contributed by atoms with Crippen molar-refractivity contribution in [3.05, 3.63) is 125 Å². The summed E-state index contributed by atoms with van der Waals surface area (Å²) in [6.07, 6.45) is -0.702. The van der Waals surface area contributed by atoms with E-state index in [4.69, 9.17) is 14.2 Å². The van der Waals surface area contributed by atoms with Gasteiger partial charge in [-0.25, -0.2) is 14.4 Å². The molecule has 0 aliphatic heterocycles. The molecule has 0 saturated heterocycles. The van der Waals surface area contributed by atoms with Gasteiger partial charge in [0.05, 0.1) is 12.7 Å². The molecule has 0 fully saturated rings. The van der Waals surface area contributed by atoms with Gasteiger partial charge in [-0.1, -0.05) is 72.8 Å². The van der Waals surface area contributed by atoms with E-state index in [1.54, 1.807) is 48.5 Å². The lowest BCUT2D eigenvalue weighted by Gasteiger charge is -2.17. The maximum Gasteiger partial charge on any atom is 0.407 e. The van der Waals surface area contributed by atoms with Crippen molar-refractivity contribution in [1.29, 1.82) is 0 Å². The monoisotopic (exact) mass is 551 g/mol. The quantitative estimate of drug-likeness (QED) is 0.247.